The Balaban J connectivity index is 1.39. The number of amides is 1. The predicted molar refractivity (Wildman–Crippen MR) is 123 cm³/mol. The van der Waals surface area contributed by atoms with Crippen LogP contribution in [0, 0.1) is 0 Å². The first-order valence-electron chi connectivity index (χ1n) is 10.1. The number of hydrogen-bond donors (Lipinski definition) is 2. The second-order valence-electron chi connectivity index (χ2n) is 7.52. The van der Waals surface area contributed by atoms with Crippen molar-refractivity contribution in [3.8, 4) is 10.6 Å². The van der Waals surface area contributed by atoms with Gasteiger partial charge in [0.25, 0.3) is 5.91 Å². The molecule has 5 rings (SSSR count). The Bertz CT molecular complexity index is 1190. The molecule has 2 atom stereocenters. The Kier molecular flexibility index (Phi) is 5.78. The summed E-state index contributed by atoms with van der Waals surface area (Å²) in [6, 6.07) is 11.9. The lowest BCUT2D eigenvalue weighted by Crippen LogP contribution is -2.48. The number of aliphatic hydroxyl groups is 1. The Morgan fingerprint density at radius 3 is 2.84 bits per heavy atom. The van der Waals surface area contributed by atoms with E-state index in [0.29, 0.717) is 25.1 Å². The van der Waals surface area contributed by atoms with E-state index in [9.17, 15) is 9.90 Å². The van der Waals surface area contributed by atoms with E-state index in [1.165, 1.54) is 0 Å². The summed E-state index contributed by atoms with van der Waals surface area (Å²) in [5.41, 5.74) is 4.52. The monoisotopic (exact) mass is 451 g/mol. The first-order chi connectivity index (χ1) is 15.2. The summed E-state index contributed by atoms with van der Waals surface area (Å²) in [7, 11) is 0. The van der Waals surface area contributed by atoms with Crippen molar-refractivity contribution in [1.29, 1.82) is 0 Å². The van der Waals surface area contributed by atoms with E-state index in [1.807, 2.05) is 29.1 Å². The Morgan fingerprint density at radius 1 is 1.19 bits per heavy atom. The van der Waals surface area contributed by atoms with Gasteiger partial charge in [0.2, 0.25) is 0 Å². The molecule has 158 valence electrons. The minimum Gasteiger partial charge on any atom is -0.389 e. The van der Waals surface area contributed by atoms with Crippen molar-refractivity contribution in [3.63, 3.8) is 0 Å². The number of fused-ring (bicyclic) bond motifs is 1. The van der Waals surface area contributed by atoms with E-state index in [0.717, 1.165) is 31.9 Å². The van der Waals surface area contributed by atoms with E-state index < -0.39 is 6.10 Å². The summed E-state index contributed by atoms with van der Waals surface area (Å²) in [6.45, 7) is 0.769. The molecular formula is C23H21N3O3S2. The maximum Gasteiger partial charge on any atom is 0.270 e. The first-order valence-corrected chi connectivity index (χ1v) is 11.9. The minimum absolute atomic E-state index is 0.240. The zero-order chi connectivity index (χ0) is 21.2. The lowest BCUT2D eigenvalue weighted by Gasteiger charge is -2.28. The molecule has 1 saturated heterocycles. The van der Waals surface area contributed by atoms with Gasteiger partial charge in [-0.25, -0.2) is 9.97 Å². The van der Waals surface area contributed by atoms with E-state index in [1.54, 1.807) is 22.7 Å². The maximum absolute atomic E-state index is 12.9. The fourth-order valence-corrected chi connectivity index (χ4v) is 5.25. The van der Waals surface area contributed by atoms with Crippen LogP contribution >= 0.6 is 22.7 Å². The fraction of sp³-hybridized carbons (Fsp3) is 0.261. The predicted octanol–water partition coefficient (Wildman–Crippen LogP) is 3.89. The summed E-state index contributed by atoms with van der Waals surface area (Å²) in [5, 5.41) is 18.0. The lowest BCUT2D eigenvalue weighted by molar-refractivity contribution is -0.0261. The summed E-state index contributed by atoms with van der Waals surface area (Å²) in [5.74, 6) is -0.264. The summed E-state index contributed by atoms with van der Waals surface area (Å²) >= 11 is 3.25. The van der Waals surface area contributed by atoms with Crippen molar-refractivity contribution in [2.45, 2.75) is 25.0 Å². The number of rotatable bonds is 5. The highest BCUT2D eigenvalue weighted by Crippen LogP contribution is 2.28. The average molecular weight is 452 g/mol. The molecule has 1 fully saturated rings. The molecule has 1 aliphatic rings. The second kappa shape index (κ2) is 8.84. The van der Waals surface area contributed by atoms with Crippen LogP contribution in [0.2, 0.25) is 0 Å². The van der Waals surface area contributed by atoms with Crippen LogP contribution in [0.3, 0.4) is 0 Å². The van der Waals surface area contributed by atoms with Gasteiger partial charge in [-0.15, -0.1) is 22.7 Å². The SMILES string of the molecule is O=C(N[C@H]1CCOC[C@@H]1O)c1cc(Cc2ccc(-c3nccs3)cc2)c2sccc2n1. The average Bonchev–Trinajstić information content (AvgIpc) is 3.48. The number of ether oxygens (including phenoxy) is 1. The molecule has 2 N–H and O–H groups in total. The van der Waals surface area contributed by atoms with Crippen molar-refractivity contribution in [3.05, 3.63) is 70.2 Å². The molecule has 0 bridgehead atoms. The molecule has 0 radical (unpaired) electrons. The second-order valence-corrected chi connectivity index (χ2v) is 9.33. The van der Waals surface area contributed by atoms with Gasteiger partial charge in [-0.1, -0.05) is 24.3 Å². The fourth-order valence-electron chi connectivity index (χ4n) is 3.76. The van der Waals surface area contributed by atoms with Crippen LogP contribution in [0.5, 0.6) is 0 Å². The molecule has 1 aromatic carbocycles. The van der Waals surface area contributed by atoms with Crippen LogP contribution in [0.1, 0.15) is 28.0 Å². The topological polar surface area (TPSA) is 84.3 Å². The van der Waals surface area contributed by atoms with Gasteiger partial charge in [0.1, 0.15) is 10.7 Å². The van der Waals surface area contributed by atoms with Gasteiger partial charge in [0.05, 0.1) is 29.0 Å². The molecule has 31 heavy (non-hydrogen) atoms. The van der Waals surface area contributed by atoms with Crippen LogP contribution in [0.4, 0.5) is 0 Å². The normalized spacial score (nSPS) is 18.9. The van der Waals surface area contributed by atoms with Gasteiger partial charge in [0.15, 0.2) is 0 Å². The van der Waals surface area contributed by atoms with E-state index in [-0.39, 0.29) is 18.6 Å². The molecule has 4 heterocycles. The molecular weight excluding hydrogens is 430 g/mol. The number of thiazole rings is 1. The number of nitrogens with zero attached hydrogens (tertiary/aromatic N) is 2. The largest absolute Gasteiger partial charge is 0.389 e. The summed E-state index contributed by atoms with van der Waals surface area (Å²) < 4.78 is 6.33. The van der Waals surface area contributed by atoms with E-state index in [2.05, 4.69) is 39.6 Å². The van der Waals surface area contributed by atoms with Gasteiger partial charge in [0, 0.05) is 23.7 Å². The molecule has 3 aromatic heterocycles. The smallest absolute Gasteiger partial charge is 0.270 e. The molecule has 0 aliphatic carbocycles. The number of aromatic nitrogens is 2. The number of pyridine rings is 1. The number of hydrogen-bond acceptors (Lipinski definition) is 7. The molecule has 1 amide bonds. The lowest BCUT2D eigenvalue weighted by atomic mass is 10.0. The van der Waals surface area contributed by atoms with Gasteiger partial charge >= 0.3 is 0 Å². The van der Waals surface area contributed by atoms with Crippen molar-refractivity contribution in [2.75, 3.05) is 13.2 Å². The van der Waals surface area contributed by atoms with Crippen molar-refractivity contribution in [1.82, 2.24) is 15.3 Å². The zero-order valence-electron chi connectivity index (χ0n) is 16.7. The molecule has 0 spiro atoms. The molecule has 4 aromatic rings. The maximum atomic E-state index is 12.9. The third-order valence-corrected chi connectivity index (χ3v) is 7.19. The van der Waals surface area contributed by atoms with Crippen LogP contribution in [0.15, 0.2) is 53.4 Å². The van der Waals surface area contributed by atoms with Gasteiger partial charge < -0.3 is 15.2 Å². The van der Waals surface area contributed by atoms with Crippen molar-refractivity contribution < 1.29 is 14.6 Å². The molecule has 8 heteroatoms. The number of nitrogens with one attached hydrogen (secondary N) is 1. The van der Waals surface area contributed by atoms with E-state index in [4.69, 9.17) is 4.74 Å². The number of aliphatic hydroxyl groups excluding tert-OH is 1. The quantitative estimate of drug-likeness (QED) is 0.481. The molecule has 0 saturated carbocycles. The van der Waals surface area contributed by atoms with Crippen LogP contribution in [-0.2, 0) is 11.2 Å². The van der Waals surface area contributed by atoms with E-state index >= 15 is 0 Å². The third kappa shape index (κ3) is 4.38. The van der Waals surface area contributed by atoms with Crippen LogP contribution < -0.4 is 5.32 Å². The Labute approximate surface area is 187 Å². The highest BCUT2D eigenvalue weighted by molar-refractivity contribution is 7.17. The molecule has 0 unspecified atom stereocenters. The third-order valence-electron chi connectivity index (χ3n) is 5.39. The number of benzene rings is 1. The van der Waals surface area contributed by atoms with Crippen molar-refractivity contribution >= 4 is 38.8 Å². The standard InChI is InChI=1S/C23H21N3O3S2/c27-20-13-29-8-5-17(20)26-22(28)19-12-16(21-18(25-19)6-9-30-21)11-14-1-3-15(4-2-14)23-24-7-10-31-23/h1-4,6-7,9-10,12,17,20,27H,5,8,11,13H2,(H,26,28)/t17-,20-/m0/s1. The number of carbonyl (C=O) groups is 1. The van der Waals surface area contributed by atoms with Gasteiger partial charge in [-0.2, -0.15) is 0 Å². The van der Waals surface area contributed by atoms with Crippen LogP contribution in [0.25, 0.3) is 20.8 Å². The Hall–Kier alpha value is -2.65. The first kappa shape index (κ1) is 20.3. The van der Waals surface area contributed by atoms with Crippen molar-refractivity contribution in [2.24, 2.45) is 0 Å². The minimum atomic E-state index is -0.696. The number of thiophene rings is 1. The molecule has 6 nitrogen and oxygen atoms in total. The Morgan fingerprint density at radius 2 is 2.06 bits per heavy atom. The van der Waals surface area contributed by atoms with Crippen LogP contribution in [-0.4, -0.2) is 46.3 Å². The highest BCUT2D eigenvalue weighted by Gasteiger charge is 2.26. The highest BCUT2D eigenvalue weighted by atomic mass is 32.1. The van der Waals surface area contributed by atoms with Gasteiger partial charge in [-0.3, -0.25) is 4.79 Å². The molecule has 1 aliphatic heterocycles. The summed E-state index contributed by atoms with van der Waals surface area (Å²) in [6.07, 6.45) is 2.41. The van der Waals surface area contributed by atoms with Gasteiger partial charge in [-0.05, 0) is 41.5 Å². The number of carbonyl (C=O) groups excluding carboxylic acids is 1. The zero-order valence-corrected chi connectivity index (χ0v) is 18.3. The summed E-state index contributed by atoms with van der Waals surface area (Å²) in [4.78, 5) is 21.8.